The van der Waals surface area contributed by atoms with E-state index in [1.54, 1.807) is 7.05 Å². The molecule has 118 valence electrons. The summed E-state index contributed by atoms with van der Waals surface area (Å²) in [6.45, 7) is 4.79. The van der Waals surface area contributed by atoms with Crippen LogP contribution in [0.15, 0.2) is 21.7 Å². The topological polar surface area (TPSA) is 61.7 Å². The zero-order chi connectivity index (χ0) is 16.0. The maximum absolute atomic E-state index is 11.7. The number of nitrogens with zero attached hydrogens (tertiary/aromatic N) is 3. The van der Waals surface area contributed by atoms with Gasteiger partial charge in [-0.05, 0) is 35.8 Å². The monoisotopic (exact) mass is 357 g/mol. The number of hydrogen-bond acceptors (Lipinski definition) is 2. The number of aryl methyl sites for hydroxylation is 1. The van der Waals surface area contributed by atoms with Gasteiger partial charge in [0.05, 0.1) is 13.1 Å². The lowest BCUT2D eigenvalue weighted by molar-refractivity contribution is -0.120. The van der Waals surface area contributed by atoms with E-state index in [0.29, 0.717) is 12.5 Å². The van der Waals surface area contributed by atoms with Crippen LogP contribution >= 0.6 is 15.9 Å². The third-order valence-electron chi connectivity index (χ3n) is 2.90. The lowest BCUT2D eigenvalue weighted by Crippen LogP contribution is -2.45. The molecule has 1 aromatic heterocycles. The second-order valence-electron chi connectivity index (χ2n) is 5.24. The first-order valence-corrected chi connectivity index (χ1v) is 7.64. The Kier molecular flexibility index (Phi) is 6.74. The minimum absolute atomic E-state index is 0.0406. The van der Waals surface area contributed by atoms with Gasteiger partial charge in [0.2, 0.25) is 5.91 Å². The van der Waals surface area contributed by atoms with E-state index in [4.69, 9.17) is 0 Å². The number of aliphatic imine (C=N–C) groups is 1. The molecule has 0 atom stereocenters. The van der Waals surface area contributed by atoms with E-state index >= 15 is 0 Å². The Hall–Kier alpha value is -1.50. The molecule has 0 unspecified atom stereocenters. The molecule has 0 saturated carbocycles. The summed E-state index contributed by atoms with van der Waals surface area (Å²) in [5.41, 5.74) is 1.15. The smallest absolute Gasteiger partial charge is 0.239 e. The molecule has 0 aromatic carbocycles. The highest BCUT2D eigenvalue weighted by Gasteiger charge is 2.11. The fourth-order valence-electron chi connectivity index (χ4n) is 1.96. The summed E-state index contributed by atoms with van der Waals surface area (Å²) in [6, 6.07) is 2.20. The molecule has 6 nitrogen and oxygen atoms in total. The zero-order valence-electron chi connectivity index (χ0n) is 13.3. The highest BCUT2D eigenvalue weighted by molar-refractivity contribution is 9.10. The lowest BCUT2D eigenvalue weighted by Gasteiger charge is -2.22. The SMILES string of the molecule is CN=C(NCC(=O)NC(C)C)N(C)Cc1cc(Br)cn1C. The Balaban J connectivity index is 2.56. The normalized spacial score (nSPS) is 11.7. The van der Waals surface area contributed by atoms with Gasteiger partial charge in [0.15, 0.2) is 5.96 Å². The predicted molar refractivity (Wildman–Crippen MR) is 89.2 cm³/mol. The minimum atomic E-state index is -0.0406. The number of rotatable bonds is 5. The first kappa shape index (κ1) is 17.6. The predicted octanol–water partition coefficient (Wildman–Crippen LogP) is 1.32. The van der Waals surface area contributed by atoms with Crippen molar-refractivity contribution in [3.8, 4) is 0 Å². The van der Waals surface area contributed by atoms with Gasteiger partial charge in [-0.2, -0.15) is 0 Å². The number of nitrogens with one attached hydrogen (secondary N) is 2. The molecule has 1 amide bonds. The minimum Gasteiger partial charge on any atom is -0.352 e. The third kappa shape index (κ3) is 5.79. The maximum atomic E-state index is 11.7. The van der Waals surface area contributed by atoms with Crippen LogP contribution in [0.2, 0.25) is 0 Å². The van der Waals surface area contributed by atoms with Crippen molar-refractivity contribution in [2.75, 3.05) is 20.6 Å². The van der Waals surface area contributed by atoms with Gasteiger partial charge in [-0.25, -0.2) is 0 Å². The molecule has 7 heteroatoms. The molecule has 2 N–H and O–H groups in total. The Morgan fingerprint density at radius 3 is 2.67 bits per heavy atom. The highest BCUT2D eigenvalue weighted by atomic mass is 79.9. The molecule has 1 heterocycles. The average Bonchev–Trinajstić information content (AvgIpc) is 2.67. The van der Waals surface area contributed by atoms with Crippen LogP contribution < -0.4 is 10.6 Å². The van der Waals surface area contributed by atoms with Crippen LogP contribution in [0, 0.1) is 0 Å². The van der Waals surface area contributed by atoms with Gasteiger partial charge in [0, 0.05) is 43.5 Å². The van der Waals surface area contributed by atoms with Crippen molar-refractivity contribution in [3.05, 3.63) is 22.4 Å². The van der Waals surface area contributed by atoms with Crippen LogP contribution in [0.3, 0.4) is 0 Å². The molecular formula is C14H24BrN5O. The van der Waals surface area contributed by atoms with Crippen molar-refractivity contribution in [2.45, 2.75) is 26.4 Å². The first-order valence-electron chi connectivity index (χ1n) is 6.85. The molecule has 0 fully saturated rings. The van der Waals surface area contributed by atoms with Gasteiger partial charge in [0.1, 0.15) is 0 Å². The van der Waals surface area contributed by atoms with Gasteiger partial charge in [-0.15, -0.1) is 0 Å². The molecule has 0 aliphatic carbocycles. The number of amides is 1. The summed E-state index contributed by atoms with van der Waals surface area (Å²) in [7, 11) is 5.65. The van der Waals surface area contributed by atoms with E-state index in [9.17, 15) is 4.79 Å². The quantitative estimate of drug-likeness (QED) is 0.617. The van der Waals surface area contributed by atoms with Gasteiger partial charge >= 0.3 is 0 Å². The molecule has 21 heavy (non-hydrogen) atoms. The molecule has 0 saturated heterocycles. The Morgan fingerprint density at radius 1 is 1.52 bits per heavy atom. The number of carbonyl (C=O) groups excluding carboxylic acids is 1. The molecule has 1 aromatic rings. The molecule has 0 bridgehead atoms. The lowest BCUT2D eigenvalue weighted by atomic mass is 10.4. The summed E-state index contributed by atoms with van der Waals surface area (Å²) < 4.78 is 3.10. The number of aromatic nitrogens is 1. The van der Waals surface area contributed by atoms with Crippen molar-refractivity contribution in [3.63, 3.8) is 0 Å². The number of carbonyl (C=O) groups is 1. The van der Waals surface area contributed by atoms with Crippen LogP contribution in [0.5, 0.6) is 0 Å². The second kappa shape index (κ2) is 8.07. The van der Waals surface area contributed by atoms with Crippen LogP contribution in [0.1, 0.15) is 19.5 Å². The number of guanidine groups is 1. The fourth-order valence-corrected chi connectivity index (χ4v) is 2.53. The van der Waals surface area contributed by atoms with Crippen LogP contribution in [-0.2, 0) is 18.4 Å². The summed E-state index contributed by atoms with van der Waals surface area (Å²) >= 11 is 3.46. The van der Waals surface area contributed by atoms with Crippen LogP contribution in [0.4, 0.5) is 0 Å². The molecule has 0 aliphatic heterocycles. The van der Waals surface area contributed by atoms with Gasteiger partial charge in [0.25, 0.3) is 0 Å². The van der Waals surface area contributed by atoms with E-state index in [1.807, 2.05) is 39.0 Å². The first-order chi connectivity index (χ1) is 9.83. The number of hydrogen-bond donors (Lipinski definition) is 2. The van der Waals surface area contributed by atoms with Crippen molar-refractivity contribution in [1.82, 2.24) is 20.1 Å². The van der Waals surface area contributed by atoms with Crippen LogP contribution in [-0.4, -0.2) is 48.0 Å². The molecule has 0 spiro atoms. The average molecular weight is 358 g/mol. The number of halogens is 1. The van der Waals surface area contributed by atoms with Crippen molar-refractivity contribution in [2.24, 2.45) is 12.0 Å². The van der Waals surface area contributed by atoms with Crippen molar-refractivity contribution >= 4 is 27.8 Å². The van der Waals surface area contributed by atoms with Gasteiger partial charge < -0.3 is 20.1 Å². The second-order valence-corrected chi connectivity index (χ2v) is 6.16. The molecule has 0 aliphatic rings. The van der Waals surface area contributed by atoms with Gasteiger partial charge in [-0.3, -0.25) is 9.79 Å². The Morgan fingerprint density at radius 2 is 2.19 bits per heavy atom. The fraction of sp³-hybridized carbons (Fsp3) is 0.571. The largest absolute Gasteiger partial charge is 0.352 e. The Labute approximate surface area is 134 Å². The highest BCUT2D eigenvalue weighted by Crippen LogP contribution is 2.14. The van der Waals surface area contributed by atoms with E-state index in [0.717, 1.165) is 10.2 Å². The zero-order valence-corrected chi connectivity index (χ0v) is 14.9. The molecule has 1 rings (SSSR count). The molecular weight excluding hydrogens is 334 g/mol. The summed E-state index contributed by atoms with van der Waals surface area (Å²) in [4.78, 5) is 17.8. The molecule has 0 radical (unpaired) electrons. The van der Waals surface area contributed by atoms with Crippen molar-refractivity contribution in [1.29, 1.82) is 0 Å². The van der Waals surface area contributed by atoms with E-state index < -0.39 is 0 Å². The van der Waals surface area contributed by atoms with E-state index in [2.05, 4.69) is 42.2 Å². The summed E-state index contributed by atoms with van der Waals surface area (Å²) in [6.07, 6.45) is 2.01. The van der Waals surface area contributed by atoms with Crippen LogP contribution in [0.25, 0.3) is 0 Å². The van der Waals surface area contributed by atoms with E-state index in [-0.39, 0.29) is 18.5 Å². The summed E-state index contributed by atoms with van der Waals surface area (Å²) in [5, 5.41) is 5.90. The Bertz CT molecular complexity index is 509. The summed E-state index contributed by atoms with van der Waals surface area (Å²) in [5.74, 6) is 0.646. The standard InChI is InChI=1S/C14H24BrN5O/c1-10(2)18-13(21)7-17-14(16-3)20(5)9-12-6-11(15)8-19(12)4/h6,8,10H,7,9H2,1-5H3,(H,16,17)(H,18,21). The van der Waals surface area contributed by atoms with Crippen molar-refractivity contribution < 1.29 is 4.79 Å². The van der Waals surface area contributed by atoms with Gasteiger partial charge in [-0.1, -0.05) is 0 Å². The maximum Gasteiger partial charge on any atom is 0.239 e. The van der Waals surface area contributed by atoms with E-state index in [1.165, 1.54) is 0 Å². The third-order valence-corrected chi connectivity index (χ3v) is 3.34.